The van der Waals surface area contributed by atoms with E-state index in [-0.39, 0.29) is 11.9 Å². The number of hydrogen-bond acceptors (Lipinski definition) is 7. The smallest absolute Gasteiger partial charge is 0.309 e. The molecule has 1 heterocycles. The average molecular weight is 409 g/mol. The standard InChI is InChI=1S/C23H27N3O4/c1-4-29-20-12-10-19(11-13-20)22-24-21(30-25-22)16-26(14-17(2)23(27)28-3)15-18-8-6-5-7-9-18/h5-13,17H,4,14-16H2,1-3H3/t17-/m1/s1. The Labute approximate surface area is 176 Å². The van der Waals surface area contributed by atoms with Gasteiger partial charge in [-0.25, -0.2) is 0 Å². The number of nitrogens with zero attached hydrogens (tertiary/aromatic N) is 3. The highest BCUT2D eigenvalue weighted by atomic mass is 16.5. The van der Waals surface area contributed by atoms with Crippen molar-refractivity contribution in [1.82, 2.24) is 15.0 Å². The number of carbonyl (C=O) groups excluding carboxylic acids is 1. The highest BCUT2D eigenvalue weighted by Crippen LogP contribution is 2.21. The van der Waals surface area contributed by atoms with Crippen LogP contribution in [0.2, 0.25) is 0 Å². The molecule has 7 heteroatoms. The molecule has 1 atom stereocenters. The molecule has 3 aromatic rings. The van der Waals surface area contributed by atoms with Gasteiger partial charge in [-0.2, -0.15) is 4.98 Å². The van der Waals surface area contributed by atoms with Crippen molar-refractivity contribution in [3.05, 3.63) is 66.1 Å². The van der Waals surface area contributed by atoms with Gasteiger partial charge in [0.15, 0.2) is 0 Å². The van der Waals surface area contributed by atoms with Crippen LogP contribution >= 0.6 is 0 Å². The Morgan fingerprint density at radius 3 is 2.50 bits per heavy atom. The van der Waals surface area contributed by atoms with Gasteiger partial charge in [0.25, 0.3) is 0 Å². The average Bonchev–Trinajstić information content (AvgIpc) is 3.23. The Hall–Kier alpha value is -3.19. The van der Waals surface area contributed by atoms with Gasteiger partial charge in [-0.1, -0.05) is 42.4 Å². The van der Waals surface area contributed by atoms with Crippen LogP contribution in [0.25, 0.3) is 11.4 Å². The Balaban J connectivity index is 1.72. The number of hydrogen-bond donors (Lipinski definition) is 0. The van der Waals surface area contributed by atoms with Crippen LogP contribution in [0.15, 0.2) is 59.1 Å². The predicted octanol–water partition coefficient (Wildman–Crippen LogP) is 3.95. The Morgan fingerprint density at radius 2 is 1.83 bits per heavy atom. The van der Waals surface area contributed by atoms with E-state index in [1.807, 2.05) is 56.3 Å². The summed E-state index contributed by atoms with van der Waals surface area (Å²) in [7, 11) is 1.40. The van der Waals surface area contributed by atoms with Gasteiger partial charge < -0.3 is 14.0 Å². The van der Waals surface area contributed by atoms with E-state index in [4.69, 9.17) is 14.0 Å². The van der Waals surface area contributed by atoms with Crippen LogP contribution in [-0.2, 0) is 22.6 Å². The number of methoxy groups -OCH3 is 1. The van der Waals surface area contributed by atoms with Crippen LogP contribution < -0.4 is 4.74 Å². The lowest BCUT2D eigenvalue weighted by atomic mass is 10.1. The number of esters is 1. The molecule has 0 saturated heterocycles. The minimum absolute atomic E-state index is 0.242. The zero-order chi connectivity index (χ0) is 21.3. The number of ether oxygens (including phenoxy) is 2. The molecule has 0 unspecified atom stereocenters. The van der Waals surface area contributed by atoms with Gasteiger partial charge >= 0.3 is 5.97 Å². The second-order valence-corrected chi connectivity index (χ2v) is 7.05. The molecular weight excluding hydrogens is 382 g/mol. The first kappa shape index (κ1) is 21.5. The summed E-state index contributed by atoms with van der Waals surface area (Å²) in [6.45, 7) is 6.02. The Kier molecular flexibility index (Phi) is 7.57. The van der Waals surface area contributed by atoms with Crippen LogP contribution in [-0.4, -0.2) is 41.3 Å². The summed E-state index contributed by atoms with van der Waals surface area (Å²) in [6.07, 6.45) is 0. The molecule has 0 spiro atoms. The summed E-state index contributed by atoms with van der Waals surface area (Å²) in [5, 5.41) is 4.11. The van der Waals surface area contributed by atoms with E-state index < -0.39 is 0 Å². The van der Waals surface area contributed by atoms with Gasteiger partial charge in [-0.3, -0.25) is 9.69 Å². The predicted molar refractivity (Wildman–Crippen MR) is 113 cm³/mol. The summed E-state index contributed by atoms with van der Waals surface area (Å²) in [5.74, 6) is 1.30. The first-order valence-corrected chi connectivity index (χ1v) is 9.99. The van der Waals surface area contributed by atoms with E-state index in [9.17, 15) is 4.79 Å². The topological polar surface area (TPSA) is 77.7 Å². The lowest BCUT2D eigenvalue weighted by Crippen LogP contribution is -2.32. The lowest BCUT2D eigenvalue weighted by molar-refractivity contribution is -0.145. The zero-order valence-electron chi connectivity index (χ0n) is 17.6. The Morgan fingerprint density at radius 1 is 1.10 bits per heavy atom. The van der Waals surface area contributed by atoms with Gasteiger partial charge in [-0.15, -0.1) is 0 Å². The number of carbonyl (C=O) groups is 1. The van der Waals surface area contributed by atoms with Crippen molar-refractivity contribution < 1.29 is 18.8 Å². The summed E-state index contributed by atoms with van der Waals surface area (Å²) < 4.78 is 15.8. The maximum atomic E-state index is 11.9. The maximum Gasteiger partial charge on any atom is 0.309 e. The van der Waals surface area contributed by atoms with E-state index in [1.54, 1.807) is 0 Å². The number of aromatic nitrogens is 2. The largest absolute Gasteiger partial charge is 0.494 e. The molecule has 3 rings (SSSR count). The third-order valence-corrected chi connectivity index (χ3v) is 4.64. The quantitative estimate of drug-likeness (QED) is 0.469. The van der Waals surface area contributed by atoms with Crippen molar-refractivity contribution in [2.24, 2.45) is 5.92 Å². The fourth-order valence-corrected chi connectivity index (χ4v) is 3.18. The number of rotatable bonds is 10. The normalized spacial score (nSPS) is 12.0. The molecule has 0 bridgehead atoms. The minimum atomic E-state index is -0.271. The molecule has 0 saturated carbocycles. The third kappa shape index (κ3) is 5.90. The molecule has 0 aliphatic rings. The molecule has 158 valence electrons. The molecule has 0 fully saturated rings. The fourth-order valence-electron chi connectivity index (χ4n) is 3.18. The summed E-state index contributed by atoms with van der Waals surface area (Å²) in [4.78, 5) is 18.5. The fraction of sp³-hybridized carbons (Fsp3) is 0.348. The molecule has 0 aliphatic heterocycles. The maximum absolute atomic E-state index is 11.9. The van der Waals surface area contributed by atoms with Crippen LogP contribution in [0.4, 0.5) is 0 Å². The third-order valence-electron chi connectivity index (χ3n) is 4.64. The van der Waals surface area contributed by atoms with Crippen molar-refractivity contribution in [3.63, 3.8) is 0 Å². The van der Waals surface area contributed by atoms with Crippen LogP contribution in [0.1, 0.15) is 25.3 Å². The van der Waals surface area contributed by atoms with Gasteiger partial charge in [0.2, 0.25) is 11.7 Å². The van der Waals surface area contributed by atoms with Crippen molar-refractivity contribution >= 4 is 5.97 Å². The molecular formula is C23H27N3O4. The Bertz CT molecular complexity index is 925. The van der Waals surface area contributed by atoms with Crippen molar-refractivity contribution in [2.75, 3.05) is 20.3 Å². The van der Waals surface area contributed by atoms with E-state index in [0.717, 1.165) is 16.9 Å². The zero-order valence-corrected chi connectivity index (χ0v) is 17.6. The van der Waals surface area contributed by atoms with Crippen molar-refractivity contribution in [2.45, 2.75) is 26.9 Å². The minimum Gasteiger partial charge on any atom is -0.494 e. The molecule has 1 aromatic heterocycles. The SMILES string of the molecule is CCOc1ccc(-c2noc(CN(Cc3ccccc3)C[C@@H](C)C(=O)OC)n2)cc1. The second kappa shape index (κ2) is 10.5. The van der Waals surface area contributed by atoms with Gasteiger partial charge in [0, 0.05) is 18.7 Å². The molecule has 0 aliphatic carbocycles. The molecule has 7 nitrogen and oxygen atoms in total. The highest BCUT2D eigenvalue weighted by Gasteiger charge is 2.20. The number of benzene rings is 2. The first-order chi connectivity index (χ1) is 14.6. The summed E-state index contributed by atoms with van der Waals surface area (Å²) in [5.41, 5.74) is 1.99. The molecule has 0 amide bonds. The summed E-state index contributed by atoms with van der Waals surface area (Å²) in [6, 6.07) is 17.6. The molecule has 0 radical (unpaired) electrons. The van der Waals surface area contributed by atoms with Crippen LogP contribution in [0.5, 0.6) is 5.75 Å². The van der Waals surface area contributed by atoms with Gasteiger partial charge in [-0.05, 0) is 36.8 Å². The van der Waals surface area contributed by atoms with Crippen LogP contribution in [0, 0.1) is 5.92 Å². The monoisotopic (exact) mass is 409 g/mol. The van der Waals surface area contributed by atoms with E-state index in [1.165, 1.54) is 7.11 Å². The summed E-state index contributed by atoms with van der Waals surface area (Å²) >= 11 is 0. The molecule has 0 N–H and O–H groups in total. The van der Waals surface area contributed by atoms with Crippen molar-refractivity contribution in [1.29, 1.82) is 0 Å². The highest BCUT2D eigenvalue weighted by molar-refractivity contribution is 5.72. The van der Waals surface area contributed by atoms with Crippen molar-refractivity contribution in [3.8, 4) is 17.1 Å². The van der Waals surface area contributed by atoms with E-state index in [2.05, 4.69) is 27.2 Å². The van der Waals surface area contributed by atoms with Gasteiger partial charge in [0.1, 0.15) is 5.75 Å². The lowest BCUT2D eigenvalue weighted by Gasteiger charge is -2.23. The first-order valence-electron chi connectivity index (χ1n) is 9.99. The van der Waals surface area contributed by atoms with Gasteiger partial charge in [0.05, 0.1) is 26.2 Å². The van der Waals surface area contributed by atoms with E-state index in [0.29, 0.717) is 38.0 Å². The van der Waals surface area contributed by atoms with Crippen LogP contribution in [0.3, 0.4) is 0 Å². The molecule has 30 heavy (non-hydrogen) atoms. The van der Waals surface area contributed by atoms with E-state index >= 15 is 0 Å². The molecule has 2 aromatic carbocycles. The second-order valence-electron chi connectivity index (χ2n) is 7.05.